The van der Waals surface area contributed by atoms with E-state index in [-0.39, 0.29) is 11.6 Å². The van der Waals surface area contributed by atoms with Crippen LogP contribution in [0, 0.1) is 0 Å². The molecule has 0 saturated carbocycles. The number of ether oxygens (including phenoxy) is 2. The largest absolute Gasteiger partial charge is 0.466 e. The van der Waals surface area contributed by atoms with Crippen LogP contribution in [0.3, 0.4) is 0 Å². The molecule has 1 saturated heterocycles. The van der Waals surface area contributed by atoms with Crippen LogP contribution in [-0.4, -0.2) is 24.8 Å². The minimum Gasteiger partial charge on any atom is -0.466 e. The third-order valence-corrected chi connectivity index (χ3v) is 4.61. The van der Waals surface area contributed by atoms with Crippen molar-refractivity contribution >= 4 is 5.97 Å². The Morgan fingerprint density at radius 2 is 2.14 bits per heavy atom. The molecule has 3 nitrogen and oxygen atoms in total. The second-order valence-corrected chi connectivity index (χ2v) is 6.85. The van der Waals surface area contributed by atoms with Gasteiger partial charge < -0.3 is 9.47 Å². The van der Waals surface area contributed by atoms with Crippen molar-refractivity contribution in [3.63, 3.8) is 0 Å². The summed E-state index contributed by atoms with van der Waals surface area (Å²) in [5.41, 5.74) is 3.76. The van der Waals surface area contributed by atoms with Gasteiger partial charge in [-0.25, -0.2) is 4.79 Å². The van der Waals surface area contributed by atoms with Gasteiger partial charge in [0.25, 0.3) is 0 Å². The lowest BCUT2D eigenvalue weighted by Gasteiger charge is -2.12. The first-order valence-corrected chi connectivity index (χ1v) is 8.23. The van der Waals surface area contributed by atoms with Gasteiger partial charge in [0.2, 0.25) is 0 Å². The zero-order chi connectivity index (χ0) is 16.2. The Bertz CT molecular complexity index is 509. The van der Waals surface area contributed by atoms with Crippen molar-refractivity contribution in [3.8, 4) is 0 Å². The highest BCUT2D eigenvalue weighted by Crippen LogP contribution is 2.39. The summed E-state index contributed by atoms with van der Waals surface area (Å²) in [5.74, 6) is -0.198. The lowest BCUT2D eigenvalue weighted by Crippen LogP contribution is -2.07. The maximum absolute atomic E-state index is 11.4. The molecule has 0 spiro atoms. The molecule has 1 heterocycles. The Labute approximate surface area is 134 Å². The average Bonchev–Trinajstić information content (AvgIpc) is 3.12. The molecule has 3 heteroatoms. The van der Waals surface area contributed by atoms with Crippen LogP contribution in [0.5, 0.6) is 0 Å². The molecule has 1 unspecified atom stereocenters. The quantitative estimate of drug-likeness (QED) is 0.395. The molecule has 0 bridgehead atoms. The van der Waals surface area contributed by atoms with Crippen molar-refractivity contribution in [2.45, 2.75) is 71.0 Å². The molecule has 1 atom stereocenters. The second kappa shape index (κ2) is 7.28. The molecule has 0 aromatic heterocycles. The third-order valence-electron chi connectivity index (χ3n) is 4.61. The Hall–Kier alpha value is -1.35. The van der Waals surface area contributed by atoms with E-state index < -0.39 is 0 Å². The van der Waals surface area contributed by atoms with Crippen LogP contribution in [0.15, 0.2) is 34.9 Å². The van der Waals surface area contributed by atoms with Gasteiger partial charge in [-0.05, 0) is 59.3 Å². The number of esters is 1. The van der Waals surface area contributed by atoms with Gasteiger partial charge in [0.15, 0.2) is 0 Å². The van der Waals surface area contributed by atoms with Crippen molar-refractivity contribution in [1.82, 2.24) is 0 Å². The van der Waals surface area contributed by atoms with E-state index >= 15 is 0 Å². The van der Waals surface area contributed by atoms with Gasteiger partial charge in [-0.2, -0.15) is 0 Å². The molecule has 1 aliphatic carbocycles. The predicted octanol–water partition coefficient (Wildman–Crippen LogP) is 4.49. The molecule has 0 aromatic carbocycles. The van der Waals surface area contributed by atoms with Crippen LogP contribution in [0.2, 0.25) is 0 Å². The number of methoxy groups -OCH3 is 1. The minimum absolute atomic E-state index is 0.108. The van der Waals surface area contributed by atoms with E-state index in [1.165, 1.54) is 18.3 Å². The monoisotopic (exact) mass is 304 g/mol. The molecule has 0 aromatic rings. The molecule has 1 fully saturated rings. The molecule has 2 rings (SSSR count). The zero-order valence-electron chi connectivity index (χ0n) is 14.3. The van der Waals surface area contributed by atoms with Crippen molar-refractivity contribution in [2.24, 2.45) is 0 Å². The van der Waals surface area contributed by atoms with Crippen LogP contribution in [-0.2, 0) is 14.3 Å². The second-order valence-electron chi connectivity index (χ2n) is 6.85. The van der Waals surface area contributed by atoms with Crippen molar-refractivity contribution < 1.29 is 14.3 Å². The maximum Gasteiger partial charge on any atom is 0.333 e. The molecular weight excluding hydrogens is 276 g/mol. The Kier molecular flexibility index (Phi) is 5.63. The standard InChI is InChI=1S/C19H28O3/c1-14(8-13-17-19(2,3)22-17)6-5-7-15-9-11-16(12-10-15)18(20)21-4/h6,9,11,17H,5,7-8,10,12-13H2,1-4H3/b14-6+. The van der Waals surface area contributed by atoms with Gasteiger partial charge in [-0.15, -0.1) is 0 Å². The highest BCUT2D eigenvalue weighted by Gasteiger charge is 2.46. The third kappa shape index (κ3) is 4.84. The summed E-state index contributed by atoms with van der Waals surface area (Å²) < 4.78 is 10.4. The summed E-state index contributed by atoms with van der Waals surface area (Å²) in [4.78, 5) is 11.4. The first-order chi connectivity index (χ1) is 10.4. The average molecular weight is 304 g/mol. The molecule has 0 amide bonds. The Balaban J connectivity index is 1.69. The first-order valence-electron chi connectivity index (χ1n) is 8.23. The topological polar surface area (TPSA) is 38.8 Å². The number of epoxide rings is 1. The van der Waals surface area contributed by atoms with Crippen LogP contribution in [0.1, 0.15) is 59.3 Å². The molecule has 0 radical (unpaired) electrons. The predicted molar refractivity (Wildman–Crippen MR) is 88.6 cm³/mol. The summed E-state index contributed by atoms with van der Waals surface area (Å²) in [6.07, 6.45) is 13.0. The molecule has 22 heavy (non-hydrogen) atoms. The van der Waals surface area contributed by atoms with Gasteiger partial charge in [-0.3, -0.25) is 0 Å². The zero-order valence-corrected chi connectivity index (χ0v) is 14.3. The number of allylic oxidation sites excluding steroid dienone is 5. The van der Waals surface area contributed by atoms with Crippen molar-refractivity contribution in [1.29, 1.82) is 0 Å². The fourth-order valence-electron chi connectivity index (χ4n) is 2.89. The SMILES string of the molecule is COC(=O)C1=CC=C(CC/C=C(\C)CCC2OC2(C)C)CC1. The molecular formula is C19H28O3. The first kappa shape index (κ1) is 17.0. The van der Waals surface area contributed by atoms with Crippen LogP contribution in [0.4, 0.5) is 0 Å². The van der Waals surface area contributed by atoms with Crippen molar-refractivity contribution in [2.75, 3.05) is 7.11 Å². The lowest BCUT2D eigenvalue weighted by atomic mass is 9.94. The van der Waals surface area contributed by atoms with Crippen LogP contribution in [0.25, 0.3) is 0 Å². The fraction of sp³-hybridized carbons (Fsp3) is 0.632. The van der Waals surface area contributed by atoms with Gasteiger partial charge in [0.05, 0.1) is 18.8 Å². The van der Waals surface area contributed by atoms with Crippen molar-refractivity contribution in [3.05, 3.63) is 34.9 Å². The van der Waals surface area contributed by atoms with E-state index in [1.807, 2.05) is 6.08 Å². The normalized spacial score (nSPS) is 23.6. The maximum atomic E-state index is 11.4. The summed E-state index contributed by atoms with van der Waals surface area (Å²) >= 11 is 0. The highest BCUT2D eigenvalue weighted by atomic mass is 16.6. The molecule has 0 N–H and O–H groups in total. The number of carbonyl (C=O) groups is 1. The minimum atomic E-state index is -0.198. The van der Waals surface area contributed by atoms with Crippen LogP contribution >= 0.6 is 0 Å². The molecule has 1 aliphatic heterocycles. The summed E-state index contributed by atoms with van der Waals surface area (Å²) in [6, 6.07) is 0. The molecule has 122 valence electrons. The lowest BCUT2D eigenvalue weighted by molar-refractivity contribution is -0.136. The number of rotatable bonds is 7. The number of hydrogen-bond acceptors (Lipinski definition) is 3. The smallest absolute Gasteiger partial charge is 0.333 e. The van der Waals surface area contributed by atoms with Crippen LogP contribution < -0.4 is 0 Å². The van der Waals surface area contributed by atoms with Gasteiger partial charge in [-0.1, -0.05) is 29.4 Å². The summed E-state index contributed by atoms with van der Waals surface area (Å²) in [5, 5.41) is 0. The van der Waals surface area contributed by atoms with Gasteiger partial charge in [0.1, 0.15) is 0 Å². The van der Waals surface area contributed by atoms with Gasteiger partial charge in [0, 0.05) is 5.57 Å². The van der Waals surface area contributed by atoms with E-state index in [9.17, 15) is 4.79 Å². The Morgan fingerprint density at radius 3 is 2.68 bits per heavy atom. The Morgan fingerprint density at radius 1 is 1.41 bits per heavy atom. The van der Waals surface area contributed by atoms with E-state index in [2.05, 4.69) is 32.9 Å². The summed E-state index contributed by atoms with van der Waals surface area (Å²) in [6.45, 7) is 6.52. The van der Waals surface area contributed by atoms with E-state index in [0.29, 0.717) is 6.10 Å². The highest BCUT2D eigenvalue weighted by molar-refractivity contribution is 5.89. The molecule has 2 aliphatic rings. The van der Waals surface area contributed by atoms with E-state index in [1.54, 1.807) is 0 Å². The number of hydrogen-bond donors (Lipinski definition) is 0. The van der Waals surface area contributed by atoms with E-state index in [0.717, 1.165) is 44.1 Å². The number of carbonyl (C=O) groups excluding carboxylic acids is 1. The van der Waals surface area contributed by atoms with E-state index in [4.69, 9.17) is 9.47 Å². The van der Waals surface area contributed by atoms with Gasteiger partial charge >= 0.3 is 5.97 Å². The fourth-order valence-corrected chi connectivity index (χ4v) is 2.89. The summed E-state index contributed by atoms with van der Waals surface area (Å²) in [7, 11) is 1.43.